The van der Waals surface area contributed by atoms with Crippen LogP contribution in [0.25, 0.3) is 5.00 Å². The number of thiophene rings is 1. The van der Waals surface area contributed by atoms with Gasteiger partial charge in [0.05, 0.1) is 36.3 Å². The molecule has 288 valence electrons. The van der Waals surface area contributed by atoms with Gasteiger partial charge in [0.25, 0.3) is 11.8 Å². The average molecular weight is 796 g/mol. The first-order valence-electron chi connectivity index (χ1n) is 18.4. The molecule has 4 aromatic rings. The van der Waals surface area contributed by atoms with Crippen LogP contribution in [0.3, 0.4) is 0 Å². The van der Waals surface area contributed by atoms with Crippen molar-refractivity contribution in [1.29, 1.82) is 0 Å². The van der Waals surface area contributed by atoms with Crippen LogP contribution in [-0.2, 0) is 19.2 Å². The number of halogens is 1. The molecule has 4 aliphatic heterocycles. The van der Waals surface area contributed by atoms with Gasteiger partial charge in [-0.2, -0.15) is 0 Å². The number of amides is 5. The Morgan fingerprint density at radius 2 is 1.70 bits per heavy atom. The Bertz CT molecular complexity index is 2360. The summed E-state index contributed by atoms with van der Waals surface area (Å²) in [5.74, 6) is -1.30. The summed E-state index contributed by atoms with van der Waals surface area (Å²) in [6.45, 7) is 7.91. The van der Waals surface area contributed by atoms with Gasteiger partial charge in [0.15, 0.2) is 11.6 Å². The SMILES string of the molecule is Cc1sc2c(c1C)C(c1ccc(Cl)cc1)=N[C@@H](CC(=O)N1CCN(CC(=O)CNc3cccc4c3C(=O)N(C3CCC(=O)NC3=O)C4=O)CC1)c1nnc(C)n1-2. The van der Waals surface area contributed by atoms with E-state index in [0.717, 1.165) is 37.2 Å². The number of aromatic nitrogens is 3. The highest BCUT2D eigenvalue weighted by atomic mass is 35.5. The van der Waals surface area contributed by atoms with Crippen LogP contribution in [0.2, 0.25) is 5.02 Å². The number of imide groups is 2. The van der Waals surface area contributed by atoms with Crippen molar-refractivity contribution in [2.75, 3.05) is 44.6 Å². The molecule has 2 atom stereocenters. The maximum Gasteiger partial charge on any atom is 0.264 e. The van der Waals surface area contributed by atoms with Crippen LogP contribution in [0.5, 0.6) is 0 Å². The summed E-state index contributed by atoms with van der Waals surface area (Å²) in [5, 5.41) is 15.7. The second-order valence-corrected chi connectivity index (χ2v) is 16.0. The van der Waals surface area contributed by atoms with Crippen LogP contribution in [0.4, 0.5) is 5.69 Å². The number of aliphatic imine (C=N–C) groups is 1. The smallest absolute Gasteiger partial charge is 0.264 e. The number of piperazine rings is 1. The van der Waals surface area contributed by atoms with Crippen molar-refractivity contribution in [3.63, 3.8) is 0 Å². The molecule has 2 saturated heterocycles. The lowest BCUT2D eigenvalue weighted by Crippen LogP contribution is -2.54. The molecule has 0 radical (unpaired) electrons. The minimum atomic E-state index is -1.08. The number of nitrogens with one attached hydrogen (secondary N) is 2. The molecule has 17 heteroatoms. The number of aryl methyl sites for hydroxylation is 2. The van der Waals surface area contributed by atoms with E-state index in [4.69, 9.17) is 16.6 Å². The fourth-order valence-corrected chi connectivity index (χ4v) is 9.08. The molecule has 1 unspecified atom stereocenters. The van der Waals surface area contributed by atoms with E-state index < -0.39 is 35.7 Å². The molecular formula is C39H38ClN9O6S. The highest BCUT2D eigenvalue weighted by Gasteiger charge is 2.45. The molecule has 8 rings (SSSR count). The molecule has 4 aliphatic rings. The summed E-state index contributed by atoms with van der Waals surface area (Å²) in [4.78, 5) is 88.8. The van der Waals surface area contributed by atoms with Gasteiger partial charge >= 0.3 is 0 Å². The monoisotopic (exact) mass is 795 g/mol. The lowest BCUT2D eigenvalue weighted by Gasteiger charge is -2.34. The van der Waals surface area contributed by atoms with E-state index in [1.54, 1.807) is 28.4 Å². The number of benzene rings is 2. The minimum absolute atomic E-state index is 0.0204. The molecule has 0 aliphatic carbocycles. The second-order valence-electron chi connectivity index (χ2n) is 14.3. The number of piperidine rings is 1. The number of carbonyl (C=O) groups excluding carboxylic acids is 6. The number of ketones is 1. The van der Waals surface area contributed by atoms with Gasteiger partial charge in [0.1, 0.15) is 22.9 Å². The highest BCUT2D eigenvalue weighted by molar-refractivity contribution is 7.15. The summed E-state index contributed by atoms with van der Waals surface area (Å²) in [5.41, 5.74) is 4.31. The van der Waals surface area contributed by atoms with Gasteiger partial charge in [-0.05, 0) is 57.0 Å². The molecule has 0 bridgehead atoms. The van der Waals surface area contributed by atoms with E-state index in [9.17, 15) is 28.8 Å². The third-order valence-corrected chi connectivity index (χ3v) is 12.2. The number of hydrogen-bond acceptors (Lipinski definition) is 12. The third kappa shape index (κ3) is 6.71. The predicted molar refractivity (Wildman–Crippen MR) is 208 cm³/mol. The maximum absolute atomic E-state index is 13.9. The first kappa shape index (κ1) is 37.3. The molecule has 2 aromatic carbocycles. The van der Waals surface area contributed by atoms with E-state index in [-0.39, 0.29) is 55.2 Å². The van der Waals surface area contributed by atoms with Crippen LogP contribution in [-0.4, -0.2) is 116 Å². The highest BCUT2D eigenvalue weighted by Crippen LogP contribution is 2.40. The Balaban J connectivity index is 0.904. The first-order valence-corrected chi connectivity index (χ1v) is 19.6. The Labute approximate surface area is 330 Å². The second kappa shape index (κ2) is 14.8. The summed E-state index contributed by atoms with van der Waals surface area (Å²) < 4.78 is 2.02. The van der Waals surface area contributed by atoms with Crippen molar-refractivity contribution in [3.05, 3.63) is 91.8 Å². The quantitative estimate of drug-likeness (QED) is 0.239. The van der Waals surface area contributed by atoms with Gasteiger partial charge in [-0.25, -0.2) is 0 Å². The topological polar surface area (TPSA) is 179 Å². The number of Topliss-reactive ketones (excluding diaryl/α,β-unsaturated/α-hetero) is 1. The van der Waals surface area contributed by atoms with Crippen LogP contribution < -0.4 is 10.6 Å². The number of rotatable bonds is 9. The van der Waals surface area contributed by atoms with Crippen LogP contribution in [0.15, 0.2) is 47.5 Å². The zero-order valence-corrected chi connectivity index (χ0v) is 32.5. The number of anilines is 1. The molecule has 2 aromatic heterocycles. The van der Waals surface area contributed by atoms with Crippen molar-refractivity contribution in [2.45, 2.75) is 52.1 Å². The molecule has 2 N–H and O–H groups in total. The fraction of sp³-hybridized carbons (Fsp3) is 0.359. The van der Waals surface area contributed by atoms with Gasteiger partial charge in [-0.1, -0.05) is 29.8 Å². The maximum atomic E-state index is 13.9. The molecule has 2 fully saturated rings. The van der Waals surface area contributed by atoms with Crippen molar-refractivity contribution in [2.24, 2.45) is 4.99 Å². The van der Waals surface area contributed by atoms with Crippen molar-refractivity contribution in [3.8, 4) is 5.00 Å². The minimum Gasteiger partial charge on any atom is -0.377 e. The van der Waals surface area contributed by atoms with Gasteiger partial charge in [-0.15, -0.1) is 21.5 Å². The van der Waals surface area contributed by atoms with Gasteiger partial charge in [0, 0.05) is 59.3 Å². The summed E-state index contributed by atoms with van der Waals surface area (Å²) in [6.07, 6.45) is 0.162. The molecule has 15 nitrogen and oxygen atoms in total. The normalized spacial score (nSPS) is 19.6. The molecule has 5 amide bonds. The molecule has 6 heterocycles. The summed E-state index contributed by atoms with van der Waals surface area (Å²) in [6, 6.07) is 10.6. The van der Waals surface area contributed by atoms with Gasteiger partial charge < -0.3 is 10.2 Å². The van der Waals surface area contributed by atoms with E-state index >= 15 is 0 Å². The number of carbonyl (C=O) groups is 6. The summed E-state index contributed by atoms with van der Waals surface area (Å²) in [7, 11) is 0. The molecular weight excluding hydrogens is 758 g/mol. The lowest BCUT2D eigenvalue weighted by atomic mass is 9.99. The van der Waals surface area contributed by atoms with E-state index in [1.165, 1.54) is 6.07 Å². The largest absolute Gasteiger partial charge is 0.377 e. The van der Waals surface area contributed by atoms with Crippen LogP contribution >= 0.6 is 22.9 Å². The third-order valence-electron chi connectivity index (χ3n) is 10.8. The molecule has 0 saturated carbocycles. The Kier molecular flexibility index (Phi) is 9.88. The first-order chi connectivity index (χ1) is 26.9. The standard InChI is InChI=1S/C39H38ClN9O6S/c1-20-21(2)56-39-32(20)34(23-7-9-24(40)10-8-23)42-28(35-45-44-22(3)48(35)39)17-31(52)47-15-13-46(14-16-47)19-25(50)18-41-27-6-4-5-26-33(27)38(55)49(37(26)54)29-11-12-30(51)43-36(29)53/h4-10,28-29,41H,11-19H2,1-3H3,(H,43,51,53)/t28-,29?/m0/s1. The molecule has 0 spiro atoms. The lowest BCUT2D eigenvalue weighted by molar-refractivity contribution is -0.136. The predicted octanol–water partition coefficient (Wildman–Crippen LogP) is 3.42. The summed E-state index contributed by atoms with van der Waals surface area (Å²) >= 11 is 7.89. The van der Waals surface area contributed by atoms with Gasteiger partial charge in [0.2, 0.25) is 17.7 Å². The van der Waals surface area contributed by atoms with Gasteiger partial charge in [-0.3, -0.25) is 53.4 Å². The number of hydrogen-bond donors (Lipinski definition) is 2. The van der Waals surface area contributed by atoms with Crippen LogP contribution in [0.1, 0.15) is 79.2 Å². The van der Waals surface area contributed by atoms with Crippen molar-refractivity contribution in [1.82, 2.24) is 34.8 Å². The fourth-order valence-electron chi connectivity index (χ4n) is 7.74. The van der Waals surface area contributed by atoms with Crippen molar-refractivity contribution < 1.29 is 28.8 Å². The Morgan fingerprint density at radius 3 is 2.43 bits per heavy atom. The van der Waals surface area contributed by atoms with E-state index in [0.29, 0.717) is 48.5 Å². The Hall–Kier alpha value is -5.58. The number of nitrogens with zero attached hydrogens (tertiary/aromatic N) is 7. The molecule has 56 heavy (non-hydrogen) atoms. The zero-order valence-electron chi connectivity index (χ0n) is 30.9. The van der Waals surface area contributed by atoms with Crippen molar-refractivity contribution >= 4 is 69.7 Å². The van der Waals surface area contributed by atoms with Crippen LogP contribution in [0, 0.1) is 20.8 Å². The van der Waals surface area contributed by atoms with E-state index in [2.05, 4.69) is 34.7 Å². The number of fused-ring (bicyclic) bond motifs is 4. The van der Waals surface area contributed by atoms with E-state index in [1.807, 2.05) is 40.7 Å². The zero-order chi connectivity index (χ0) is 39.4. The Morgan fingerprint density at radius 1 is 0.946 bits per heavy atom. The average Bonchev–Trinajstić information content (AvgIpc) is 3.75.